The predicted molar refractivity (Wildman–Crippen MR) is 69.9 cm³/mol. The average molecular weight is 236 g/mol. The number of hydrogen-bond acceptors (Lipinski definition) is 3. The first-order valence-corrected chi connectivity index (χ1v) is 5.75. The van der Waals surface area contributed by atoms with Crippen molar-refractivity contribution >= 4 is 0 Å². The number of nitrogens with zero attached hydrogens (tertiary/aromatic N) is 2. The highest BCUT2D eigenvalue weighted by Gasteiger charge is 2.10. The van der Waals surface area contributed by atoms with Crippen molar-refractivity contribution in [3.05, 3.63) is 60.9 Å². The molecule has 18 heavy (non-hydrogen) atoms. The number of hydrogen-bond donors (Lipinski definition) is 0. The molecule has 0 aliphatic rings. The Kier molecular flexibility index (Phi) is 2.65. The van der Waals surface area contributed by atoms with Gasteiger partial charge >= 0.3 is 0 Å². The van der Waals surface area contributed by atoms with Gasteiger partial charge in [-0.15, -0.1) is 0 Å². The van der Waals surface area contributed by atoms with Gasteiger partial charge in [0.2, 0.25) is 0 Å². The van der Waals surface area contributed by atoms with Gasteiger partial charge in [-0.3, -0.25) is 4.98 Å². The molecule has 0 radical (unpaired) electrons. The molecule has 0 fully saturated rings. The van der Waals surface area contributed by atoms with Crippen LogP contribution in [0.4, 0.5) is 0 Å². The maximum atomic E-state index is 5.37. The van der Waals surface area contributed by atoms with Gasteiger partial charge in [0.25, 0.3) is 0 Å². The Bertz CT molecular complexity index is 646. The fraction of sp³-hybridized carbons (Fsp3) is 0.0667. The first-order valence-electron chi connectivity index (χ1n) is 5.75. The summed E-state index contributed by atoms with van der Waals surface area (Å²) in [6.45, 7) is 1.98. The fourth-order valence-corrected chi connectivity index (χ4v) is 1.96. The minimum Gasteiger partial charge on any atom is -0.443 e. The monoisotopic (exact) mass is 236 g/mol. The van der Waals surface area contributed by atoms with E-state index in [2.05, 4.69) is 28.2 Å². The van der Waals surface area contributed by atoms with Crippen LogP contribution in [0.2, 0.25) is 0 Å². The molecule has 0 saturated carbocycles. The highest BCUT2D eigenvalue weighted by Crippen LogP contribution is 2.31. The maximum Gasteiger partial charge on any atom is 0.181 e. The zero-order chi connectivity index (χ0) is 12.4. The third kappa shape index (κ3) is 1.91. The lowest BCUT2D eigenvalue weighted by Gasteiger charge is -2.08. The van der Waals surface area contributed by atoms with Crippen LogP contribution in [0.3, 0.4) is 0 Å². The van der Waals surface area contributed by atoms with Gasteiger partial charge in [-0.25, -0.2) is 4.98 Å². The summed E-state index contributed by atoms with van der Waals surface area (Å²) in [7, 11) is 0. The lowest BCUT2D eigenvalue weighted by Crippen LogP contribution is -1.88. The number of oxazole rings is 1. The molecule has 3 heteroatoms. The summed E-state index contributed by atoms with van der Waals surface area (Å²) in [4.78, 5) is 8.29. The molecule has 3 aromatic rings. The van der Waals surface area contributed by atoms with Crippen molar-refractivity contribution in [3.63, 3.8) is 0 Å². The molecule has 88 valence electrons. The van der Waals surface area contributed by atoms with E-state index in [0.29, 0.717) is 0 Å². The van der Waals surface area contributed by atoms with Crippen molar-refractivity contribution < 1.29 is 4.42 Å². The van der Waals surface area contributed by atoms with Gasteiger partial charge in [0, 0.05) is 17.5 Å². The molecule has 0 atom stereocenters. The quantitative estimate of drug-likeness (QED) is 0.680. The van der Waals surface area contributed by atoms with E-state index in [0.717, 1.165) is 28.1 Å². The van der Waals surface area contributed by atoms with Gasteiger partial charge in [-0.2, -0.15) is 0 Å². The Morgan fingerprint density at radius 1 is 1.00 bits per heavy atom. The summed E-state index contributed by atoms with van der Waals surface area (Å²) in [5.74, 6) is 0.737. The van der Waals surface area contributed by atoms with E-state index in [1.807, 2.05) is 31.3 Å². The average Bonchev–Trinajstić information content (AvgIpc) is 2.93. The lowest BCUT2D eigenvalue weighted by molar-refractivity contribution is 0.572. The Labute approximate surface area is 105 Å². The first kappa shape index (κ1) is 10.7. The Balaban J connectivity index is 2.22. The SMILES string of the molecule is Cc1cc(-c2ccccc2)c(-c2cnco2)cn1. The van der Waals surface area contributed by atoms with Crippen molar-refractivity contribution in [2.45, 2.75) is 6.92 Å². The second-order valence-electron chi connectivity index (χ2n) is 4.10. The largest absolute Gasteiger partial charge is 0.443 e. The lowest BCUT2D eigenvalue weighted by atomic mass is 10.00. The molecule has 0 aliphatic heterocycles. The van der Waals surface area contributed by atoms with Gasteiger partial charge in [-0.05, 0) is 24.1 Å². The summed E-state index contributed by atoms with van der Waals surface area (Å²) >= 11 is 0. The van der Waals surface area contributed by atoms with Crippen molar-refractivity contribution in [2.24, 2.45) is 0 Å². The molecule has 2 aromatic heterocycles. The minimum atomic E-state index is 0.737. The highest BCUT2D eigenvalue weighted by atomic mass is 16.3. The molecule has 0 N–H and O–H groups in total. The first-order chi connectivity index (χ1) is 8.84. The van der Waals surface area contributed by atoms with Crippen LogP contribution >= 0.6 is 0 Å². The number of benzene rings is 1. The second-order valence-corrected chi connectivity index (χ2v) is 4.10. The van der Waals surface area contributed by atoms with E-state index in [-0.39, 0.29) is 0 Å². The van der Waals surface area contributed by atoms with Gasteiger partial charge in [0.15, 0.2) is 12.2 Å². The van der Waals surface area contributed by atoms with Gasteiger partial charge in [-0.1, -0.05) is 30.3 Å². The number of rotatable bonds is 2. The van der Waals surface area contributed by atoms with Crippen LogP contribution in [-0.4, -0.2) is 9.97 Å². The van der Waals surface area contributed by atoms with Crippen molar-refractivity contribution in [1.82, 2.24) is 9.97 Å². The molecular formula is C15H12N2O. The zero-order valence-electron chi connectivity index (χ0n) is 10.00. The molecule has 3 nitrogen and oxygen atoms in total. The van der Waals surface area contributed by atoms with Crippen LogP contribution in [0.1, 0.15) is 5.69 Å². The fourth-order valence-electron chi connectivity index (χ4n) is 1.96. The number of aryl methyl sites for hydroxylation is 1. The van der Waals surface area contributed by atoms with E-state index in [9.17, 15) is 0 Å². The van der Waals surface area contributed by atoms with E-state index in [4.69, 9.17) is 4.42 Å². The van der Waals surface area contributed by atoms with Crippen LogP contribution in [0.15, 0.2) is 59.6 Å². The third-order valence-corrected chi connectivity index (χ3v) is 2.82. The van der Waals surface area contributed by atoms with Gasteiger partial charge < -0.3 is 4.42 Å². The van der Waals surface area contributed by atoms with E-state index < -0.39 is 0 Å². The summed E-state index contributed by atoms with van der Waals surface area (Å²) in [6, 6.07) is 12.3. The molecule has 0 aliphatic carbocycles. The molecule has 1 aromatic carbocycles. The van der Waals surface area contributed by atoms with Crippen LogP contribution in [0.25, 0.3) is 22.5 Å². The van der Waals surface area contributed by atoms with Gasteiger partial charge in [0.05, 0.1) is 6.20 Å². The Morgan fingerprint density at radius 2 is 1.83 bits per heavy atom. The summed E-state index contributed by atoms with van der Waals surface area (Å²) in [5, 5.41) is 0. The Hall–Kier alpha value is -2.42. The standard InChI is InChI=1S/C15H12N2O/c1-11-7-13(12-5-3-2-4-6-12)14(8-17-11)15-9-16-10-18-15/h2-10H,1H3. The summed E-state index contributed by atoms with van der Waals surface area (Å²) in [5.41, 5.74) is 4.20. The molecule has 2 heterocycles. The van der Waals surface area contributed by atoms with E-state index >= 15 is 0 Å². The number of aromatic nitrogens is 2. The summed E-state index contributed by atoms with van der Waals surface area (Å²) in [6.07, 6.45) is 4.97. The molecule has 0 unspecified atom stereocenters. The zero-order valence-corrected chi connectivity index (χ0v) is 10.00. The molecule has 0 amide bonds. The molecule has 0 saturated heterocycles. The van der Waals surface area contributed by atoms with Crippen LogP contribution in [0, 0.1) is 6.92 Å². The van der Waals surface area contributed by atoms with Gasteiger partial charge in [0.1, 0.15) is 0 Å². The minimum absolute atomic E-state index is 0.737. The smallest absolute Gasteiger partial charge is 0.181 e. The molecule has 3 rings (SSSR count). The number of pyridine rings is 1. The van der Waals surface area contributed by atoms with E-state index in [1.165, 1.54) is 6.39 Å². The molecule has 0 spiro atoms. The van der Waals surface area contributed by atoms with Crippen LogP contribution < -0.4 is 0 Å². The van der Waals surface area contributed by atoms with Crippen molar-refractivity contribution in [3.8, 4) is 22.5 Å². The summed E-state index contributed by atoms with van der Waals surface area (Å²) < 4.78 is 5.37. The predicted octanol–water partition coefficient (Wildman–Crippen LogP) is 3.71. The normalized spacial score (nSPS) is 10.5. The topological polar surface area (TPSA) is 38.9 Å². The van der Waals surface area contributed by atoms with Crippen LogP contribution in [0.5, 0.6) is 0 Å². The maximum absolute atomic E-state index is 5.37. The molecular weight excluding hydrogens is 224 g/mol. The molecule has 0 bridgehead atoms. The third-order valence-electron chi connectivity index (χ3n) is 2.82. The van der Waals surface area contributed by atoms with Crippen LogP contribution in [-0.2, 0) is 0 Å². The second kappa shape index (κ2) is 4.45. The van der Waals surface area contributed by atoms with Crippen molar-refractivity contribution in [1.29, 1.82) is 0 Å². The Morgan fingerprint density at radius 3 is 2.56 bits per heavy atom. The van der Waals surface area contributed by atoms with E-state index in [1.54, 1.807) is 6.20 Å². The highest BCUT2D eigenvalue weighted by molar-refractivity contribution is 5.80. The van der Waals surface area contributed by atoms with Crippen molar-refractivity contribution in [2.75, 3.05) is 0 Å².